The predicted octanol–water partition coefficient (Wildman–Crippen LogP) is 0.494. The Bertz CT molecular complexity index is 769. The number of nitrogens with two attached hydrogens (primary N) is 1. The number of anilines is 1. The lowest BCUT2D eigenvalue weighted by Gasteiger charge is -2.32. The summed E-state index contributed by atoms with van der Waals surface area (Å²) in [6.45, 7) is 1.55. The molecule has 9 nitrogen and oxygen atoms in total. The van der Waals surface area contributed by atoms with Crippen molar-refractivity contribution in [1.82, 2.24) is 10.3 Å². The van der Waals surface area contributed by atoms with E-state index in [2.05, 4.69) is 16.2 Å². The number of pyridine rings is 1. The van der Waals surface area contributed by atoms with Crippen LogP contribution in [0.25, 0.3) is 0 Å². The van der Waals surface area contributed by atoms with E-state index in [0.29, 0.717) is 18.7 Å². The molecule has 0 aromatic carbocycles. The summed E-state index contributed by atoms with van der Waals surface area (Å²) in [6.07, 6.45) is 9.52. The van der Waals surface area contributed by atoms with Crippen LogP contribution in [0.3, 0.4) is 0 Å². The number of piperidine rings is 1. The molecule has 2 heterocycles. The van der Waals surface area contributed by atoms with Gasteiger partial charge in [0.05, 0.1) is 12.5 Å². The van der Waals surface area contributed by atoms with E-state index < -0.39 is 24.0 Å². The molecule has 2 aliphatic rings. The van der Waals surface area contributed by atoms with Crippen molar-refractivity contribution in [2.24, 2.45) is 11.7 Å². The van der Waals surface area contributed by atoms with Gasteiger partial charge in [-0.15, -0.1) is 6.42 Å². The second kappa shape index (κ2) is 11.3. The number of carboxylic acid groups (broad SMARTS) is 2. The van der Waals surface area contributed by atoms with Gasteiger partial charge in [-0.3, -0.25) is 9.59 Å². The Hall–Kier alpha value is -2.96. The van der Waals surface area contributed by atoms with E-state index >= 15 is 0 Å². The molecule has 0 spiro atoms. The first kappa shape index (κ1) is 23.3. The zero-order valence-corrected chi connectivity index (χ0v) is 16.7. The number of nitrogens with zero attached hydrogens (tertiary/aromatic N) is 2. The number of hydrogen-bond acceptors (Lipinski definition) is 7. The van der Waals surface area contributed by atoms with Crippen LogP contribution in [0.15, 0.2) is 24.4 Å². The van der Waals surface area contributed by atoms with Gasteiger partial charge in [-0.05, 0) is 50.9 Å². The molecule has 0 amide bonds. The van der Waals surface area contributed by atoms with E-state index in [4.69, 9.17) is 17.3 Å². The second-order valence-corrected chi connectivity index (χ2v) is 7.36. The van der Waals surface area contributed by atoms with E-state index in [9.17, 15) is 19.5 Å². The molecule has 30 heavy (non-hydrogen) atoms. The van der Waals surface area contributed by atoms with Gasteiger partial charge in [-0.1, -0.05) is 12.0 Å². The quantitative estimate of drug-likeness (QED) is 0.351. The summed E-state index contributed by atoms with van der Waals surface area (Å²) in [6, 6.07) is 3.74. The minimum absolute atomic E-state index is 0.113. The first-order chi connectivity index (χ1) is 14.3. The molecular formula is C21H28N4O5. The number of Topliss-reactive ketones (excluding diaryl/α,β-unsaturated/α-hetero) is 1. The minimum atomic E-state index is -1.12. The lowest BCUT2D eigenvalue weighted by atomic mass is 9.89. The van der Waals surface area contributed by atoms with Crippen LogP contribution in [-0.4, -0.2) is 64.1 Å². The largest absolute Gasteiger partial charge is 0.481 e. The van der Waals surface area contributed by atoms with Gasteiger partial charge >= 0.3 is 11.9 Å². The fraction of sp³-hybridized carbons (Fsp3) is 0.524. The highest BCUT2D eigenvalue weighted by atomic mass is 16.4. The van der Waals surface area contributed by atoms with Gasteiger partial charge < -0.3 is 26.2 Å². The molecule has 1 saturated carbocycles. The van der Waals surface area contributed by atoms with E-state index in [0.717, 1.165) is 25.9 Å². The highest BCUT2D eigenvalue weighted by molar-refractivity contribution is 6.06. The fourth-order valence-corrected chi connectivity index (χ4v) is 3.34. The highest BCUT2D eigenvalue weighted by Gasteiger charge is 2.44. The van der Waals surface area contributed by atoms with Crippen molar-refractivity contribution in [1.29, 1.82) is 0 Å². The third-order valence-corrected chi connectivity index (χ3v) is 4.99. The van der Waals surface area contributed by atoms with Crippen LogP contribution in [0.5, 0.6) is 0 Å². The number of ketones is 1. The number of carbonyl (C=O) groups is 3. The first-order valence-corrected chi connectivity index (χ1v) is 9.95. The number of terminal acetylenes is 1. The number of aromatic nitrogens is 1. The van der Waals surface area contributed by atoms with Crippen LogP contribution in [-0.2, 0) is 14.4 Å². The Morgan fingerprint density at radius 1 is 1.23 bits per heavy atom. The van der Waals surface area contributed by atoms with Crippen molar-refractivity contribution < 1.29 is 24.6 Å². The SMILES string of the molecule is C#C[C@@H](N)CC(=O)O.O=C(O)C(C(=O)C1CCNCC1)N(c1ccccn1)C1CC1. The zero-order valence-electron chi connectivity index (χ0n) is 16.7. The normalized spacial score (nSPS) is 18.1. The lowest BCUT2D eigenvalue weighted by Crippen LogP contribution is -2.52. The number of carbonyl (C=O) groups excluding carboxylic acids is 1. The molecular weight excluding hydrogens is 388 g/mol. The van der Waals surface area contributed by atoms with Gasteiger partial charge in [0.25, 0.3) is 0 Å². The fourth-order valence-electron chi connectivity index (χ4n) is 3.34. The Labute approximate surface area is 175 Å². The third kappa shape index (κ3) is 6.83. The first-order valence-electron chi connectivity index (χ1n) is 9.95. The van der Waals surface area contributed by atoms with Crippen LogP contribution < -0.4 is 16.0 Å². The topological polar surface area (TPSA) is 146 Å². The molecule has 1 unspecified atom stereocenters. The Morgan fingerprint density at radius 2 is 1.90 bits per heavy atom. The molecule has 1 aliphatic heterocycles. The molecule has 1 aliphatic carbocycles. The van der Waals surface area contributed by atoms with Crippen molar-refractivity contribution in [3.63, 3.8) is 0 Å². The molecule has 9 heteroatoms. The second-order valence-electron chi connectivity index (χ2n) is 7.36. The van der Waals surface area contributed by atoms with E-state index in [1.807, 2.05) is 6.07 Å². The number of rotatable bonds is 8. The van der Waals surface area contributed by atoms with Crippen molar-refractivity contribution in [2.45, 2.75) is 50.2 Å². The maximum absolute atomic E-state index is 12.8. The summed E-state index contributed by atoms with van der Waals surface area (Å²) in [7, 11) is 0. The van der Waals surface area contributed by atoms with Crippen molar-refractivity contribution in [3.8, 4) is 12.3 Å². The molecule has 2 atom stereocenters. The smallest absolute Gasteiger partial charge is 0.334 e. The minimum Gasteiger partial charge on any atom is -0.481 e. The lowest BCUT2D eigenvalue weighted by molar-refractivity contribution is -0.144. The highest BCUT2D eigenvalue weighted by Crippen LogP contribution is 2.34. The number of hydrogen-bond donors (Lipinski definition) is 4. The zero-order chi connectivity index (χ0) is 22.1. The monoisotopic (exact) mass is 416 g/mol. The standard InChI is InChI=1S/C16H21N3O3.C5H7NO2/c20-15(11-6-9-17-10-7-11)14(16(21)22)19(12-4-5-12)13-3-1-2-8-18-13;1-2-4(6)3-5(7)8/h1-3,8,11-12,14,17H,4-7,9-10H2,(H,21,22);1,4H,3,6H2,(H,7,8)/t;4-/m.1/s1. The molecule has 5 N–H and O–H groups in total. The Morgan fingerprint density at radius 3 is 2.33 bits per heavy atom. The van der Waals surface area contributed by atoms with Crippen molar-refractivity contribution >= 4 is 23.5 Å². The number of nitrogens with one attached hydrogen (secondary N) is 1. The molecule has 1 aromatic heterocycles. The van der Waals surface area contributed by atoms with Crippen LogP contribution in [0, 0.1) is 18.3 Å². The number of aliphatic carboxylic acids is 2. The average Bonchev–Trinajstić information content (AvgIpc) is 3.57. The van der Waals surface area contributed by atoms with Crippen LogP contribution in [0.4, 0.5) is 5.82 Å². The van der Waals surface area contributed by atoms with Crippen molar-refractivity contribution in [2.75, 3.05) is 18.0 Å². The maximum atomic E-state index is 12.8. The van der Waals surface area contributed by atoms with E-state index in [1.54, 1.807) is 23.2 Å². The van der Waals surface area contributed by atoms with Gasteiger partial charge in [0.15, 0.2) is 11.8 Å². The van der Waals surface area contributed by atoms with Crippen LogP contribution in [0.1, 0.15) is 32.1 Å². The molecule has 162 valence electrons. The Kier molecular flexibility index (Phi) is 8.77. The molecule has 2 fully saturated rings. The summed E-state index contributed by atoms with van der Waals surface area (Å²) in [5, 5.41) is 20.9. The predicted molar refractivity (Wildman–Crippen MR) is 111 cm³/mol. The van der Waals surface area contributed by atoms with Crippen LogP contribution >= 0.6 is 0 Å². The van der Waals surface area contributed by atoms with Crippen molar-refractivity contribution in [3.05, 3.63) is 24.4 Å². The summed E-state index contributed by atoms with van der Waals surface area (Å²) in [4.78, 5) is 40.4. The number of carboxylic acids is 2. The molecule has 1 aromatic rings. The molecule has 0 radical (unpaired) electrons. The Balaban J connectivity index is 0.000000343. The van der Waals surface area contributed by atoms with Gasteiger partial charge in [-0.25, -0.2) is 9.78 Å². The summed E-state index contributed by atoms with van der Waals surface area (Å²) in [5.74, 6) is 0.297. The summed E-state index contributed by atoms with van der Waals surface area (Å²) in [5.41, 5.74) is 5.06. The van der Waals surface area contributed by atoms with Crippen LogP contribution in [0.2, 0.25) is 0 Å². The molecule has 0 bridgehead atoms. The van der Waals surface area contributed by atoms with Gasteiger partial charge in [0.2, 0.25) is 0 Å². The van der Waals surface area contributed by atoms with Gasteiger partial charge in [0, 0.05) is 18.2 Å². The molecule has 3 rings (SSSR count). The summed E-state index contributed by atoms with van der Waals surface area (Å²) >= 11 is 0. The van der Waals surface area contributed by atoms with E-state index in [1.165, 1.54) is 0 Å². The maximum Gasteiger partial charge on any atom is 0.334 e. The van der Waals surface area contributed by atoms with E-state index in [-0.39, 0.29) is 24.2 Å². The third-order valence-electron chi connectivity index (χ3n) is 4.99. The van der Waals surface area contributed by atoms with Gasteiger partial charge in [0.1, 0.15) is 5.82 Å². The molecule has 1 saturated heterocycles. The summed E-state index contributed by atoms with van der Waals surface area (Å²) < 4.78 is 0. The average molecular weight is 416 g/mol. The van der Waals surface area contributed by atoms with Gasteiger partial charge in [-0.2, -0.15) is 0 Å².